The van der Waals surface area contributed by atoms with E-state index >= 15 is 0 Å². The number of rotatable bonds is 7. The van der Waals surface area contributed by atoms with Crippen LogP contribution in [0.15, 0.2) is 24.3 Å². The number of methoxy groups -OCH3 is 1. The average molecular weight is 305 g/mol. The van der Waals surface area contributed by atoms with Crippen LogP contribution in [-0.2, 0) is 10.1 Å². The Kier molecular flexibility index (Phi) is 4.83. The Morgan fingerprint density at radius 3 is 2.52 bits per heavy atom. The van der Waals surface area contributed by atoms with Gasteiger partial charge in [0.1, 0.15) is 18.9 Å². The second-order valence-corrected chi connectivity index (χ2v) is 12.0. The first-order chi connectivity index (χ1) is 9.96. The number of nitrogens with zero attached hydrogens (tertiary/aromatic N) is 3. The van der Waals surface area contributed by atoms with Crippen LogP contribution in [0.4, 0.5) is 0 Å². The maximum absolute atomic E-state index is 6.12. The molecule has 21 heavy (non-hydrogen) atoms. The van der Waals surface area contributed by atoms with Gasteiger partial charge in [0, 0.05) is 7.11 Å². The van der Waals surface area contributed by atoms with Gasteiger partial charge in [0.05, 0.1) is 5.52 Å². The van der Waals surface area contributed by atoms with Crippen molar-refractivity contribution in [2.75, 3.05) is 7.11 Å². The van der Waals surface area contributed by atoms with Gasteiger partial charge in [0.15, 0.2) is 0 Å². The molecule has 4 nitrogen and oxygen atoms in total. The van der Waals surface area contributed by atoms with Crippen LogP contribution in [0.1, 0.15) is 32.6 Å². The van der Waals surface area contributed by atoms with Gasteiger partial charge in [0.2, 0.25) is 0 Å². The molecule has 1 atom stereocenters. The van der Waals surface area contributed by atoms with Gasteiger partial charge in [-0.05, 0) is 25.0 Å². The van der Waals surface area contributed by atoms with E-state index in [9.17, 15) is 0 Å². The number of unbranched alkanes of at least 4 members (excludes halogenated alkanes) is 2. The SMILES string of the molecule is CCCCCC(OC)(n1nnc2ccccc21)[Si](C)(C)C. The Bertz CT molecular complexity index is 590. The van der Waals surface area contributed by atoms with Crippen molar-refractivity contribution in [3.8, 4) is 0 Å². The summed E-state index contributed by atoms with van der Waals surface area (Å²) in [6.07, 6.45) is 4.59. The van der Waals surface area contributed by atoms with E-state index < -0.39 is 8.07 Å². The predicted molar refractivity (Wildman–Crippen MR) is 90.0 cm³/mol. The highest BCUT2D eigenvalue weighted by molar-refractivity contribution is 6.78. The fraction of sp³-hybridized carbons (Fsp3) is 0.625. The normalized spacial score (nSPS) is 15.3. The highest BCUT2D eigenvalue weighted by Gasteiger charge is 2.46. The standard InChI is InChI=1S/C16H27N3OSi/c1-6-7-10-13-16(20-2,21(3,4)5)19-15-12-9-8-11-14(15)17-18-19/h8-9,11-12H,6-7,10,13H2,1-5H3. The van der Waals surface area contributed by atoms with Gasteiger partial charge in [-0.3, -0.25) is 0 Å². The lowest BCUT2D eigenvalue weighted by Gasteiger charge is -2.42. The van der Waals surface area contributed by atoms with Gasteiger partial charge in [-0.15, -0.1) is 5.10 Å². The molecule has 1 unspecified atom stereocenters. The molecular weight excluding hydrogens is 278 g/mol. The van der Waals surface area contributed by atoms with Crippen molar-refractivity contribution in [1.82, 2.24) is 15.0 Å². The molecule has 0 bridgehead atoms. The molecule has 0 saturated carbocycles. The third-order valence-corrected chi connectivity index (χ3v) is 7.33. The van der Waals surface area contributed by atoms with Crippen molar-refractivity contribution < 1.29 is 4.74 Å². The minimum Gasteiger partial charge on any atom is -0.361 e. The third-order valence-electron chi connectivity index (χ3n) is 4.32. The van der Waals surface area contributed by atoms with Crippen molar-refractivity contribution >= 4 is 19.1 Å². The van der Waals surface area contributed by atoms with Crippen LogP contribution in [0, 0.1) is 0 Å². The molecule has 1 aromatic heterocycles. The maximum atomic E-state index is 6.12. The zero-order valence-corrected chi connectivity index (χ0v) is 14.9. The summed E-state index contributed by atoms with van der Waals surface area (Å²) in [6.45, 7) is 9.27. The molecular formula is C16H27N3OSi. The molecule has 1 heterocycles. The van der Waals surface area contributed by atoms with Crippen molar-refractivity contribution in [2.45, 2.75) is 57.6 Å². The van der Waals surface area contributed by atoms with Crippen molar-refractivity contribution in [3.63, 3.8) is 0 Å². The number of para-hydroxylation sites is 1. The number of aromatic nitrogens is 3. The van der Waals surface area contributed by atoms with E-state index in [1.807, 2.05) is 30.0 Å². The molecule has 0 aliphatic carbocycles. The van der Waals surface area contributed by atoms with Crippen LogP contribution in [0.2, 0.25) is 19.6 Å². The highest BCUT2D eigenvalue weighted by Crippen LogP contribution is 2.36. The predicted octanol–water partition coefficient (Wildman–Crippen LogP) is 4.19. The minimum absolute atomic E-state index is 0.335. The zero-order valence-electron chi connectivity index (χ0n) is 13.9. The van der Waals surface area contributed by atoms with Crippen LogP contribution in [-0.4, -0.2) is 30.2 Å². The summed E-state index contributed by atoms with van der Waals surface area (Å²) in [7, 11) is 0.150. The number of ether oxygens (including phenoxy) is 1. The summed E-state index contributed by atoms with van der Waals surface area (Å²) in [4.78, 5) is 0. The van der Waals surface area contributed by atoms with Crippen molar-refractivity contribution in [1.29, 1.82) is 0 Å². The summed E-state index contributed by atoms with van der Waals surface area (Å²) >= 11 is 0. The van der Waals surface area contributed by atoms with E-state index in [1.165, 1.54) is 12.8 Å². The number of benzene rings is 1. The van der Waals surface area contributed by atoms with Gasteiger partial charge in [-0.1, -0.05) is 56.8 Å². The number of hydrogen-bond donors (Lipinski definition) is 0. The Balaban J connectivity index is 2.52. The maximum Gasteiger partial charge on any atom is 0.146 e. The molecule has 116 valence electrons. The second kappa shape index (κ2) is 6.28. The Morgan fingerprint density at radius 1 is 1.19 bits per heavy atom. The summed E-state index contributed by atoms with van der Waals surface area (Å²) in [6, 6.07) is 8.14. The van der Waals surface area contributed by atoms with Crippen LogP contribution in [0.3, 0.4) is 0 Å². The molecule has 0 amide bonds. The molecule has 0 aliphatic rings. The van der Waals surface area contributed by atoms with Crippen LogP contribution < -0.4 is 0 Å². The van der Waals surface area contributed by atoms with Gasteiger partial charge in [0.25, 0.3) is 0 Å². The molecule has 0 fully saturated rings. The smallest absolute Gasteiger partial charge is 0.146 e. The molecule has 2 rings (SSSR count). The lowest BCUT2D eigenvalue weighted by Crippen LogP contribution is -2.55. The lowest BCUT2D eigenvalue weighted by atomic mass is 10.2. The third kappa shape index (κ3) is 2.90. The summed E-state index contributed by atoms with van der Waals surface area (Å²) in [5, 5.41) is 8.45. The van der Waals surface area contributed by atoms with Gasteiger partial charge in [-0.2, -0.15) is 0 Å². The fourth-order valence-corrected chi connectivity index (χ4v) is 5.38. The monoisotopic (exact) mass is 305 g/mol. The summed E-state index contributed by atoms with van der Waals surface area (Å²) in [5.41, 5.74) is 2.01. The average Bonchev–Trinajstić information content (AvgIpc) is 2.87. The molecule has 0 radical (unpaired) electrons. The van der Waals surface area contributed by atoms with E-state index in [0.29, 0.717) is 0 Å². The van der Waals surface area contributed by atoms with Crippen LogP contribution in [0.5, 0.6) is 0 Å². The zero-order chi connectivity index (χ0) is 15.5. The molecule has 5 heteroatoms. The first-order valence-corrected chi connectivity index (χ1v) is 11.3. The topological polar surface area (TPSA) is 39.9 Å². The lowest BCUT2D eigenvalue weighted by molar-refractivity contribution is -0.0287. The van der Waals surface area contributed by atoms with Gasteiger partial charge < -0.3 is 4.74 Å². The van der Waals surface area contributed by atoms with Crippen LogP contribution in [0.25, 0.3) is 11.0 Å². The van der Waals surface area contributed by atoms with E-state index in [2.05, 4.69) is 42.9 Å². The highest BCUT2D eigenvalue weighted by atomic mass is 28.3. The van der Waals surface area contributed by atoms with E-state index in [1.54, 1.807) is 0 Å². The number of fused-ring (bicyclic) bond motifs is 1. The largest absolute Gasteiger partial charge is 0.361 e. The summed E-state index contributed by atoms with van der Waals surface area (Å²) in [5.74, 6) is 0. The first kappa shape index (κ1) is 16.2. The molecule has 0 N–H and O–H groups in total. The molecule has 2 aromatic rings. The van der Waals surface area contributed by atoms with E-state index in [4.69, 9.17) is 4.74 Å². The fourth-order valence-electron chi connectivity index (χ4n) is 3.04. The molecule has 0 aliphatic heterocycles. The molecule has 0 saturated heterocycles. The van der Waals surface area contributed by atoms with Crippen molar-refractivity contribution in [3.05, 3.63) is 24.3 Å². The van der Waals surface area contributed by atoms with E-state index in [-0.39, 0.29) is 5.35 Å². The van der Waals surface area contributed by atoms with Gasteiger partial charge in [-0.25, -0.2) is 4.68 Å². The Labute approximate surface area is 128 Å². The van der Waals surface area contributed by atoms with Gasteiger partial charge >= 0.3 is 0 Å². The van der Waals surface area contributed by atoms with Crippen LogP contribution >= 0.6 is 0 Å². The Hall–Kier alpha value is -1.20. The summed E-state index contributed by atoms with van der Waals surface area (Å²) < 4.78 is 8.17. The Morgan fingerprint density at radius 2 is 1.90 bits per heavy atom. The first-order valence-electron chi connectivity index (χ1n) is 7.82. The molecule has 0 spiro atoms. The second-order valence-electron chi connectivity index (χ2n) is 6.69. The minimum atomic E-state index is -1.67. The number of hydrogen-bond acceptors (Lipinski definition) is 3. The quantitative estimate of drug-likeness (QED) is 0.569. The van der Waals surface area contributed by atoms with E-state index in [0.717, 1.165) is 23.9 Å². The molecule has 1 aromatic carbocycles. The van der Waals surface area contributed by atoms with Crippen molar-refractivity contribution in [2.24, 2.45) is 0 Å².